The van der Waals surface area contributed by atoms with Gasteiger partial charge in [-0.05, 0) is 43.7 Å². The molecule has 124 valence electrons. The molecule has 5 nitrogen and oxygen atoms in total. The average Bonchev–Trinajstić information content (AvgIpc) is 2.97. The largest absolute Gasteiger partial charge is 0.352 e. The summed E-state index contributed by atoms with van der Waals surface area (Å²) in [5.74, 6) is -0.0174. The molecule has 0 radical (unpaired) electrons. The SMILES string of the molecule is CSc1ccccc1C(=O)NCCCc1cnc2cc(C)nn2c1. The van der Waals surface area contributed by atoms with Crippen molar-refractivity contribution in [3.63, 3.8) is 0 Å². The summed E-state index contributed by atoms with van der Waals surface area (Å²) in [6.45, 7) is 2.59. The third-order valence-electron chi connectivity index (χ3n) is 3.77. The molecular formula is C18H20N4OS. The van der Waals surface area contributed by atoms with E-state index in [-0.39, 0.29) is 5.91 Å². The Morgan fingerprint density at radius 3 is 3.00 bits per heavy atom. The zero-order chi connectivity index (χ0) is 16.9. The number of benzene rings is 1. The van der Waals surface area contributed by atoms with Gasteiger partial charge in [0, 0.05) is 29.9 Å². The van der Waals surface area contributed by atoms with Gasteiger partial charge in [0.2, 0.25) is 0 Å². The molecule has 2 heterocycles. The van der Waals surface area contributed by atoms with Crippen LogP contribution in [0.2, 0.25) is 0 Å². The van der Waals surface area contributed by atoms with Gasteiger partial charge in [0.1, 0.15) is 0 Å². The van der Waals surface area contributed by atoms with Crippen LogP contribution in [0.1, 0.15) is 28.0 Å². The van der Waals surface area contributed by atoms with Crippen molar-refractivity contribution in [2.75, 3.05) is 12.8 Å². The predicted octanol–water partition coefficient (Wildman–Crippen LogP) is 3.12. The zero-order valence-electron chi connectivity index (χ0n) is 13.8. The second-order valence-corrected chi connectivity index (χ2v) is 6.46. The van der Waals surface area contributed by atoms with E-state index in [1.807, 2.05) is 55.9 Å². The van der Waals surface area contributed by atoms with E-state index in [0.29, 0.717) is 6.54 Å². The minimum absolute atomic E-state index is 0.0174. The fourth-order valence-electron chi connectivity index (χ4n) is 2.58. The molecule has 0 fully saturated rings. The minimum atomic E-state index is -0.0174. The van der Waals surface area contributed by atoms with E-state index in [2.05, 4.69) is 15.4 Å². The maximum Gasteiger partial charge on any atom is 0.252 e. The lowest BCUT2D eigenvalue weighted by molar-refractivity contribution is 0.0950. The van der Waals surface area contributed by atoms with Gasteiger partial charge in [-0.3, -0.25) is 4.79 Å². The number of nitrogens with one attached hydrogen (secondary N) is 1. The summed E-state index contributed by atoms with van der Waals surface area (Å²) in [7, 11) is 0. The molecule has 1 N–H and O–H groups in total. The van der Waals surface area contributed by atoms with Crippen LogP contribution in [0.5, 0.6) is 0 Å². The molecule has 0 spiro atoms. The number of hydrogen-bond donors (Lipinski definition) is 1. The number of fused-ring (bicyclic) bond motifs is 1. The number of aromatic nitrogens is 3. The molecule has 0 atom stereocenters. The molecule has 3 rings (SSSR count). The fraction of sp³-hybridized carbons (Fsp3) is 0.278. The third-order valence-corrected chi connectivity index (χ3v) is 4.56. The topological polar surface area (TPSA) is 59.3 Å². The third kappa shape index (κ3) is 3.76. The van der Waals surface area contributed by atoms with Crippen LogP contribution in [0.4, 0.5) is 0 Å². The average molecular weight is 340 g/mol. The van der Waals surface area contributed by atoms with Crippen LogP contribution in [-0.2, 0) is 6.42 Å². The number of carbonyl (C=O) groups excluding carboxylic acids is 1. The molecule has 2 aromatic heterocycles. The quantitative estimate of drug-likeness (QED) is 0.553. The molecule has 1 amide bonds. The molecule has 3 aromatic rings. The van der Waals surface area contributed by atoms with Crippen molar-refractivity contribution in [2.24, 2.45) is 0 Å². The highest BCUT2D eigenvalue weighted by molar-refractivity contribution is 7.98. The van der Waals surface area contributed by atoms with Gasteiger partial charge >= 0.3 is 0 Å². The van der Waals surface area contributed by atoms with Crippen LogP contribution in [0.15, 0.2) is 47.6 Å². The Bertz CT molecular complexity index is 859. The van der Waals surface area contributed by atoms with Crippen LogP contribution in [0.25, 0.3) is 5.65 Å². The molecule has 6 heteroatoms. The van der Waals surface area contributed by atoms with Gasteiger partial charge in [-0.1, -0.05) is 12.1 Å². The Balaban J connectivity index is 1.53. The lowest BCUT2D eigenvalue weighted by Crippen LogP contribution is -2.25. The lowest BCUT2D eigenvalue weighted by Gasteiger charge is -2.08. The van der Waals surface area contributed by atoms with E-state index in [1.54, 1.807) is 16.3 Å². The first kappa shape index (κ1) is 16.5. The molecule has 0 bridgehead atoms. The number of thioether (sulfide) groups is 1. The van der Waals surface area contributed by atoms with Gasteiger partial charge in [0.15, 0.2) is 5.65 Å². The summed E-state index contributed by atoms with van der Waals surface area (Å²) in [5, 5.41) is 7.36. The van der Waals surface area contributed by atoms with E-state index in [4.69, 9.17) is 0 Å². The highest BCUT2D eigenvalue weighted by Gasteiger charge is 2.09. The second kappa shape index (κ2) is 7.49. The van der Waals surface area contributed by atoms with Crippen molar-refractivity contribution >= 4 is 23.3 Å². The number of aryl methyl sites for hydroxylation is 2. The Labute approximate surface area is 145 Å². The van der Waals surface area contributed by atoms with Gasteiger partial charge in [-0.15, -0.1) is 11.8 Å². The Kier molecular flexibility index (Phi) is 5.15. The number of rotatable bonds is 6. The summed E-state index contributed by atoms with van der Waals surface area (Å²) in [6.07, 6.45) is 7.57. The molecule has 0 saturated carbocycles. The lowest BCUT2D eigenvalue weighted by atomic mass is 10.2. The van der Waals surface area contributed by atoms with Crippen molar-refractivity contribution in [1.82, 2.24) is 19.9 Å². The summed E-state index contributed by atoms with van der Waals surface area (Å²) < 4.78 is 1.80. The second-order valence-electron chi connectivity index (χ2n) is 5.61. The molecule has 0 aliphatic carbocycles. The monoisotopic (exact) mass is 340 g/mol. The molecule has 0 saturated heterocycles. The van der Waals surface area contributed by atoms with E-state index in [9.17, 15) is 4.79 Å². The number of amides is 1. The van der Waals surface area contributed by atoms with Crippen molar-refractivity contribution in [3.8, 4) is 0 Å². The Morgan fingerprint density at radius 2 is 2.17 bits per heavy atom. The van der Waals surface area contributed by atoms with Crippen molar-refractivity contribution in [3.05, 3.63) is 59.5 Å². The molecule has 24 heavy (non-hydrogen) atoms. The van der Waals surface area contributed by atoms with Crippen LogP contribution < -0.4 is 5.32 Å². The smallest absolute Gasteiger partial charge is 0.252 e. The van der Waals surface area contributed by atoms with Gasteiger partial charge in [-0.25, -0.2) is 9.50 Å². The van der Waals surface area contributed by atoms with Crippen molar-refractivity contribution in [1.29, 1.82) is 0 Å². The van der Waals surface area contributed by atoms with Crippen LogP contribution >= 0.6 is 11.8 Å². The van der Waals surface area contributed by atoms with Crippen molar-refractivity contribution in [2.45, 2.75) is 24.7 Å². The maximum atomic E-state index is 12.3. The van der Waals surface area contributed by atoms with Gasteiger partial charge in [0.05, 0.1) is 11.3 Å². The molecular weight excluding hydrogens is 320 g/mol. The normalized spacial score (nSPS) is 10.9. The van der Waals surface area contributed by atoms with Gasteiger partial charge < -0.3 is 5.32 Å². The van der Waals surface area contributed by atoms with E-state index >= 15 is 0 Å². The summed E-state index contributed by atoms with van der Waals surface area (Å²) >= 11 is 1.58. The molecule has 1 aromatic carbocycles. The van der Waals surface area contributed by atoms with Crippen molar-refractivity contribution < 1.29 is 4.79 Å². The standard InChI is InChI=1S/C18H20N4OS/c1-13-10-17-20-11-14(12-22(17)21-13)6-5-9-19-18(23)15-7-3-4-8-16(15)24-2/h3-4,7-8,10-12H,5-6,9H2,1-2H3,(H,19,23). The first-order valence-corrected chi connectivity index (χ1v) is 9.12. The highest BCUT2D eigenvalue weighted by atomic mass is 32.2. The first-order chi connectivity index (χ1) is 11.7. The zero-order valence-corrected chi connectivity index (χ0v) is 14.6. The van der Waals surface area contributed by atoms with Crippen LogP contribution in [0.3, 0.4) is 0 Å². The number of carbonyl (C=O) groups is 1. The Morgan fingerprint density at radius 1 is 1.33 bits per heavy atom. The van der Waals surface area contributed by atoms with Crippen LogP contribution in [0, 0.1) is 6.92 Å². The van der Waals surface area contributed by atoms with E-state index in [1.165, 1.54) is 0 Å². The molecule has 0 aliphatic heterocycles. The minimum Gasteiger partial charge on any atom is -0.352 e. The van der Waals surface area contributed by atoms with E-state index < -0.39 is 0 Å². The first-order valence-electron chi connectivity index (χ1n) is 7.89. The Hall–Kier alpha value is -2.34. The number of nitrogens with zero attached hydrogens (tertiary/aromatic N) is 3. The fourth-order valence-corrected chi connectivity index (χ4v) is 3.18. The summed E-state index contributed by atoms with van der Waals surface area (Å²) in [5.41, 5.74) is 3.67. The summed E-state index contributed by atoms with van der Waals surface area (Å²) in [4.78, 5) is 17.7. The molecule has 0 aliphatic rings. The van der Waals surface area contributed by atoms with Gasteiger partial charge in [0.25, 0.3) is 5.91 Å². The van der Waals surface area contributed by atoms with Gasteiger partial charge in [-0.2, -0.15) is 5.10 Å². The summed E-state index contributed by atoms with van der Waals surface area (Å²) in [6, 6.07) is 9.61. The predicted molar refractivity (Wildman–Crippen MR) is 96.6 cm³/mol. The maximum absolute atomic E-state index is 12.3. The number of hydrogen-bond acceptors (Lipinski definition) is 4. The molecule has 0 unspecified atom stereocenters. The van der Waals surface area contributed by atoms with Crippen LogP contribution in [-0.4, -0.2) is 33.3 Å². The highest BCUT2D eigenvalue weighted by Crippen LogP contribution is 2.19. The van der Waals surface area contributed by atoms with E-state index in [0.717, 1.165) is 40.2 Å².